The van der Waals surface area contributed by atoms with Crippen LogP contribution in [-0.4, -0.2) is 34.9 Å². The molecule has 0 aliphatic carbocycles. The molecule has 0 spiro atoms. The number of carbonyl (C=O) groups excluding carboxylic acids is 1. The highest BCUT2D eigenvalue weighted by Crippen LogP contribution is 2.46. The summed E-state index contributed by atoms with van der Waals surface area (Å²) in [6.07, 6.45) is -1.01. The monoisotopic (exact) mass is 158 g/mol. The molecule has 2 rings (SSSR count). The van der Waals surface area contributed by atoms with Crippen LogP contribution < -0.4 is 0 Å². The van der Waals surface area contributed by atoms with Crippen LogP contribution in [0.15, 0.2) is 0 Å². The van der Waals surface area contributed by atoms with Gasteiger partial charge in [-0.05, 0) is 6.92 Å². The molecule has 0 aromatic rings. The molecule has 0 bridgehead atoms. The van der Waals surface area contributed by atoms with E-state index in [0.717, 1.165) is 0 Å². The van der Waals surface area contributed by atoms with Crippen molar-refractivity contribution in [2.45, 2.75) is 24.7 Å². The van der Waals surface area contributed by atoms with Crippen molar-refractivity contribution >= 4 is 11.9 Å². The highest BCUT2D eigenvalue weighted by atomic mass is 16.7. The van der Waals surface area contributed by atoms with Crippen LogP contribution in [0.4, 0.5) is 0 Å². The summed E-state index contributed by atoms with van der Waals surface area (Å²) in [6, 6.07) is 0. The van der Waals surface area contributed by atoms with Gasteiger partial charge in [0, 0.05) is 0 Å². The van der Waals surface area contributed by atoms with E-state index in [0.29, 0.717) is 0 Å². The van der Waals surface area contributed by atoms with Gasteiger partial charge in [-0.15, -0.1) is 0 Å². The number of carbonyl (C=O) groups is 2. The van der Waals surface area contributed by atoms with Gasteiger partial charge in [0.05, 0.1) is 0 Å². The largest absolute Gasteiger partial charge is 0.479 e. The van der Waals surface area contributed by atoms with Gasteiger partial charge >= 0.3 is 11.9 Å². The van der Waals surface area contributed by atoms with Crippen LogP contribution in [0.1, 0.15) is 6.92 Å². The van der Waals surface area contributed by atoms with Crippen molar-refractivity contribution < 1.29 is 24.2 Å². The summed E-state index contributed by atoms with van der Waals surface area (Å²) in [4.78, 5) is 21.4. The fourth-order valence-corrected chi connectivity index (χ4v) is 1.33. The minimum atomic E-state index is -1.65. The van der Waals surface area contributed by atoms with Gasteiger partial charge in [-0.2, -0.15) is 0 Å². The van der Waals surface area contributed by atoms with Crippen molar-refractivity contribution in [3.8, 4) is 0 Å². The van der Waals surface area contributed by atoms with Gasteiger partial charge in [-0.25, -0.2) is 9.59 Å². The lowest BCUT2D eigenvalue weighted by Crippen LogP contribution is -2.32. The normalized spacial score (nSPS) is 46.5. The second-order valence-electron chi connectivity index (χ2n) is 2.69. The molecule has 2 heterocycles. The number of rotatable bonds is 1. The van der Waals surface area contributed by atoms with Crippen LogP contribution in [-0.2, 0) is 19.1 Å². The van der Waals surface area contributed by atoms with Crippen molar-refractivity contribution in [1.29, 1.82) is 0 Å². The third-order valence-corrected chi connectivity index (χ3v) is 2.00. The Morgan fingerprint density at radius 2 is 2.36 bits per heavy atom. The van der Waals surface area contributed by atoms with Crippen LogP contribution in [0, 0.1) is 0 Å². The van der Waals surface area contributed by atoms with E-state index in [-0.39, 0.29) is 0 Å². The predicted octanol–water partition coefficient (Wildman–Crippen LogP) is -0.846. The molecule has 0 unspecified atom stereocenters. The second kappa shape index (κ2) is 1.55. The number of ether oxygens (including phenoxy) is 2. The van der Waals surface area contributed by atoms with E-state index < -0.39 is 29.7 Å². The van der Waals surface area contributed by atoms with Crippen molar-refractivity contribution in [2.24, 2.45) is 0 Å². The molecule has 1 N–H and O–H groups in total. The lowest BCUT2D eigenvalue weighted by atomic mass is 10.1. The van der Waals surface area contributed by atoms with Crippen LogP contribution >= 0.6 is 0 Å². The van der Waals surface area contributed by atoms with Gasteiger partial charge < -0.3 is 14.6 Å². The SMILES string of the molecule is C[C@H]1OC(=O)[C@@]2(C(=O)O)O[C@@H]12. The Morgan fingerprint density at radius 3 is 2.55 bits per heavy atom. The highest BCUT2D eigenvalue weighted by molar-refractivity contribution is 6.08. The summed E-state index contributed by atoms with van der Waals surface area (Å²) >= 11 is 0. The molecule has 5 heteroatoms. The zero-order valence-electron chi connectivity index (χ0n) is 5.73. The first-order valence-electron chi connectivity index (χ1n) is 3.21. The Balaban J connectivity index is 2.33. The molecule has 60 valence electrons. The quantitative estimate of drug-likeness (QED) is 0.305. The van der Waals surface area contributed by atoms with Gasteiger partial charge in [0.25, 0.3) is 5.60 Å². The molecule has 2 aliphatic rings. The van der Waals surface area contributed by atoms with E-state index in [4.69, 9.17) is 9.84 Å². The average molecular weight is 158 g/mol. The van der Waals surface area contributed by atoms with E-state index in [1.807, 2.05) is 0 Å². The summed E-state index contributed by atoms with van der Waals surface area (Å²) < 4.78 is 9.40. The van der Waals surface area contributed by atoms with Gasteiger partial charge in [-0.3, -0.25) is 0 Å². The van der Waals surface area contributed by atoms with Crippen LogP contribution in [0.5, 0.6) is 0 Å². The molecule has 0 radical (unpaired) electrons. The predicted molar refractivity (Wildman–Crippen MR) is 30.8 cm³/mol. The minimum absolute atomic E-state index is 0.432. The lowest BCUT2D eigenvalue weighted by molar-refractivity contribution is -0.161. The number of esters is 1. The molecular formula is C6H6O5. The van der Waals surface area contributed by atoms with E-state index in [2.05, 4.69) is 4.74 Å². The number of epoxide rings is 1. The van der Waals surface area contributed by atoms with Crippen LogP contribution in [0.3, 0.4) is 0 Å². The number of hydrogen-bond donors (Lipinski definition) is 1. The lowest BCUT2D eigenvalue weighted by Gasteiger charge is -2.03. The van der Waals surface area contributed by atoms with E-state index in [9.17, 15) is 9.59 Å². The van der Waals surface area contributed by atoms with Crippen molar-refractivity contribution in [1.82, 2.24) is 0 Å². The Labute approximate surface area is 61.9 Å². The highest BCUT2D eigenvalue weighted by Gasteiger charge is 2.77. The molecule has 5 nitrogen and oxygen atoms in total. The number of fused-ring (bicyclic) bond motifs is 1. The number of cyclic esters (lactones) is 1. The van der Waals surface area contributed by atoms with Crippen LogP contribution in [0.25, 0.3) is 0 Å². The Hall–Kier alpha value is -1.10. The maximum absolute atomic E-state index is 10.9. The fraction of sp³-hybridized carbons (Fsp3) is 0.667. The third-order valence-electron chi connectivity index (χ3n) is 2.00. The van der Waals surface area contributed by atoms with Gasteiger partial charge in [0.2, 0.25) is 0 Å². The maximum Gasteiger partial charge on any atom is 0.353 e. The molecule has 2 fully saturated rings. The molecule has 11 heavy (non-hydrogen) atoms. The third kappa shape index (κ3) is 0.544. The summed E-state index contributed by atoms with van der Waals surface area (Å²) in [5.41, 5.74) is -1.65. The molecule has 0 saturated carbocycles. The maximum atomic E-state index is 10.9. The summed E-state index contributed by atoms with van der Waals surface area (Å²) in [5.74, 6) is -2.03. The van der Waals surface area contributed by atoms with Crippen molar-refractivity contribution in [3.63, 3.8) is 0 Å². The average Bonchev–Trinajstić information content (AvgIpc) is 2.56. The number of carboxylic acid groups (broad SMARTS) is 1. The number of aliphatic carboxylic acids is 1. The Kier molecular flexibility index (Phi) is 0.933. The van der Waals surface area contributed by atoms with E-state index >= 15 is 0 Å². The number of carboxylic acids is 1. The summed E-state index contributed by atoms with van der Waals surface area (Å²) in [7, 11) is 0. The first kappa shape index (κ1) is 6.60. The van der Waals surface area contributed by atoms with Gasteiger partial charge in [0.1, 0.15) is 12.2 Å². The van der Waals surface area contributed by atoms with E-state index in [1.165, 1.54) is 0 Å². The molecule has 2 aliphatic heterocycles. The van der Waals surface area contributed by atoms with E-state index in [1.54, 1.807) is 6.92 Å². The zero-order valence-corrected chi connectivity index (χ0v) is 5.73. The zero-order chi connectivity index (χ0) is 8.22. The molecule has 3 atom stereocenters. The first-order chi connectivity index (χ1) is 5.09. The van der Waals surface area contributed by atoms with Crippen molar-refractivity contribution in [2.75, 3.05) is 0 Å². The van der Waals surface area contributed by atoms with Gasteiger partial charge in [0.15, 0.2) is 0 Å². The second-order valence-corrected chi connectivity index (χ2v) is 2.69. The molecular weight excluding hydrogens is 152 g/mol. The minimum Gasteiger partial charge on any atom is -0.479 e. The summed E-state index contributed by atoms with van der Waals surface area (Å²) in [6.45, 7) is 1.61. The Bertz CT molecular complexity index is 247. The smallest absolute Gasteiger partial charge is 0.353 e. The number of hydrogen-bond acceptors (Lipinski definition) is 4. The van der Waals surface area contributed by atoms with Crippen molar-refractivity contribution in [3.05, 3.63) is 0 Å². The topological polar surface area (TPSA) is 76.1 Å². The first-order valence-corrected chi connectivity index (χ1v) is 3.21. The van der Waals surface area contributed by atoms with Gasteiger partial charge in [-0.1, -0.05) is 0 Å². The molecule has 2 saturated heterocycles. The standard InChI is InChI=1S/C6H6O5/c1-2-3-6(11-3,4(7)8)5(9)10-2/h2-3H,1H3,(H,7,8)/t2-,3+,6-/m1/s1. The summed E-state index contributed by atoms with van der Waals surface area (Å²) in [5, 5.41) is 8.58. The molecule has 0 amide bonds. The van der Waals surface area contributed by atoms with Crippen LogP contribution in [0.2, 0.25) is 0 Å². The fourth-order valence-electron chi connectivity index (χ4n) is 1.33. The molecule has 0 aromatic heterocycles. The Morgan fingerprint density at radius 1 is 1.73 bits per heavy atom. The molecule has 0 aromatic carbocycles.